The number of nitrogens with zero attached hydrogens (tertiary/aromatic N) is 2. The number of rotatable bonds is 4. The van der Waals surface area contributed by atoms with E-state index in [0.717, 1.165) is 10.9 Å². The number of anilines is 2. The fourth-order valence-electron chi connectivity index (χ4n) is 2.89. The molecule has 8 heteroatoms. The molecule has 1 unspecified atom stereocenters. The summed E-state index contributed by atoms with van der Waals surface area (Å²) in [6.07, 6.45) is 3.26. The number of aromatic nitrogens is 1. The molecule has 3 aromatic rings. The molecule has 1 atom stereocenters. The van der Waals surface area contributed by atoms with Gasteiger partial charge in [0.25, 0.3) is 5.18 Å². The molecule has 27 heavy (non-hydrogen) atoms. The normalized spacial score (nSPS) is 18.7. The molecule has 136 valence electrons. The largest absolute Gasteiger partial charge is 0.478 e. The summed E-state index contributed by atoms with van der Waals surface area (Å²) >= 11 is 12.4. The Balaban J connectivity index is 1.81. The molecule has 0 radical (unpaired) electrons. The molecule has 1 aliphatic rings. The van der Waals surface area contributed by atoms with Gasteiger partial charge in [0.2, 0.25) is 0 Å². The first-order valence-corrected chi connectivity index (χ1v) is 8.77. The highest BCUT2D eigenvalue weighted by atomic mass is 35.5. The van der Waals surface area contributed by atoms with Crippen molar-refractivity contribution in [3.05, 3.63) is 64.8 Å². The van der Waals surface area contributed by atoms with Crippen LogP contribution in [-0.2, 0) is 9.92 Å². The second-order valence-corrected chi connectivity index (χ2v) is 6.84. The number of aliphatic imine (C=N–C) groups is 1. The van der Waals surface area contributed by atoms with E-state index in [2.05, 4.69) is 15.3 Å². The predicted molar refractivity (Wildman–Crippen MR) is 105 cm³/mol. The first-order valence-electron chi connectivity index (χ1n) is 8.02. The van der Waals surface area contributed by atoms with Gasteiger partial charge in [-0.25, -0.2) is 9.79 Å². The number of alkyl halides is 1. The highest BCUT2D eigenvalue weighted by molar-refractivity contribution is 6.31. The minimum atomic E-state index is -1.26. The Morgan fingerprint density at radius 1 is 1.19 bits per heavy atom. The van der Waals surface area contributed by atoms with Crippen LogP contribution in [0.15, 0.2) is 53.7 Å². The average Bonchev–Trinajstić information content (AvgIpc) is 3.11. The maximum atomic E-state index is 11.5. The number of halogens is 2. The first-order chi connectivity index (χ1) is 13.0. The zero-order chi connectivity index (χ0) is 19.0. The van der Waals surface area contributed by atoms with Crippen LogP contribution in [0.5, 0.6) is 0 Å². The van der Waals surface area contributed by atoms with Crippen molar-refractivity contribution in [2.24, 2.45) is 4.99 Å². The van der Waals surface area contributed by atoms with Crippen LogP contribution in [0.4, 0.5) is 11.4 Å². The number of carboxylic acids is 1. The van der Waals surface area contributed by atoms with Crippen molar-refractivity contribution in [3.8, 4) is 0 Å². The van der Waals surface area contributed by atoms with Gasteiger partial charge in [0.05, 0.1) is 23.4 Å². The lowest BCUT2D eigenvalue weighted by Crippen LogP contribution is -2.15. The SMILES string of the molecule is O=C(O)c1cc(Cl)ccc1Nc1ccnc2ccc(C3(Cl)N=CCO3)cc12. The molecule has 0 spiro atoms. The summed E-state index contributed by atoms with van der Waals surface area (Å²) in [5.74, 6) is -1.08. The van der Waals surface area contributed by atoms with E-state index in [1.165, 1.54) is 6.07 Å². The monoisotopic (exact) mass is 401 g/mol. The van der Waals surface area contributed by atoms with Crippen LogP contribution < -0.4 is 5.32 Å². The highest BCUT2D eigenvalue weighted by Crippen LogP contribution is 2.37. The number of carbonyl (C=O) groups is 1. The third-order valence-electron chi connectivity index (χ3n) is 4.19. The van der Waals surface area contributed by atoms with E-state index < -0.39 is 11.2 Å². The molecule has 0 saturated carbocycles. The summed E-state index contributed by atoms with van der Waals surface area (Å²) < 4.78 is 5.51. The van der Waals surface area contributed by atoms with E-state index in [1.54, 1.807) is 36.7 Å². The lowest BCUT2D eigenvalue weighted by atomic mass is 10.1. The van der Waals surface area contributed by atoms with E-state index >= 15 is 0 Å². The van der Waals surface area contributed by atoms with Gasteiger partial charge in [-0.3, -0.25) is 4.98 Å². The lowest BCUT2D eigenvalue weighted by molar-refractivity contribution is 0.0696. The Morgan fingerprint density at radius 2 is 2.04 bits per heavy atom. The van der Waals surface area contributed by atoms with E-state index in [-0.39, 0.29) is 5.56 Å². The molecule has 6 nitrogen and oxygen atoms in total. The molecule has 0 aliphatic carbocycles. The van der Waals surface area contributed by atoms with Gasteiger partial charge >= 0.3 is 5.97 Å². The second kappa shape index (κ2) is 6.81. The Bertz CT molecular complexity index is 1090. The van der Waals surface area contributed by atoms with Crippen molar-refractivity contribution in [2.45, 2.75) is 5.18 Å². The van der Waals surface area contributed by atoms with Gasteiger partial charge in [-0.15, -0.1) is 0 Å². The van der Waals surface area contributed by atoms with Gasteiger partial charge in [0.15, 0.2) is 0 Å². The number of hydrogen-bond acceptors (Lipinski definition) is 5. The Morgan fingerprint density at radius 3 is 2.78 bits per heavy atom. The van der Waals surface area contributed by atoms with Crippen LogP contribution in [-0.4, -0.2) is 28.9 Å². The number of benzene rings is 2. The Hall–Kier alpha value is -2.67. The van der Waals surface area contributed by atoms with E-state index in [9.17, 15) is 9.90 Å². The van der Waals surface area contributed by atoms with Crippen molar-refractivity contribution in [1.82, 2.24) is 4.98 Å². The van der Waals surface area contributed by atoms with Gasteiger partial charge < -0.3 is 15.2 Å². The van der Waals surface area contributed by atoms with Gasteiger partial charge in [-0.2, -0.15) is 0 Å². The Kier molecular flexibility index (Phi) is 4.47. The highest BCUT2D eigenvalue weighted by Gasteiger charge is 2.32. The predicted octanol–water partition coefficient (Wildman–Crippen LogP) is 4.78. The first kappa shape index (κ1) is 17.7. The molecule has 1 aliphatic heterocycles. The van der Waals surface area contributed by atoms with Gasteiger partial charge in [0.1, 0.15) is 0 Å². The number of ether oxygens (including phenoxy) is 1. The summed E-state index contributed by atoms with van der Waals surface area (Å²) in [5, 5.41) is 12.4. The van der Waals surface area contributed by atoms with Crippen LogP contribution in [0.2, 0.25) is 5.02 Å². The van der Waals surface area contributed by atoms with Gasteiger partial charge in [-0.05, 0) is 36.4 Å². The van der Waals surface area contributed by atoms with Gasteiger partial charge in [-0.1, -0.05) is 29.3 Å². The van der Waals surface area contributed by atoms with Crippen LogP contribution in [0.1, 0.15) is 15.9 Å². The maximum absolute atomic E-state index is 11.5. The average molecular weight is 402 g/mol. The zero-order valence-corrected chi connectivity index (χ0v) is 15.3. The summed E-state index contributed by atoms with van der Waals surface area (Å²) in [7, 11) is 0. The lowest BCUT2D eigenvalue weighted by Gasteiger charge is -2.19. The number of nitrogens with one attached hydrogen (secondary N) is 1. The molecular formula is C19H13Cl2N3O3. The summed E-state index contributed by atoms with van der Waals surface area (Å²) in [6, 6.07) is 11.9. The van der Waals surface area contributed by atoms with Crippen molar-refractivity contribution in [2.75, 3.05) is 11.9 Å². The third kappa shape index (κ3) is 3.35. The van der Waals surface area contributed by atoms with Gasteiger partial charge in [0, 0.05) is 34.1 Å². The van der Waals surface area contributed by atoms with E-state index in [4.69, 9.17) is 27.9 Å². The van der Waals surface area contributed by atoms with E-state index in [1.807, 2.05) is 12.1 Å². The van der Waals surface area contributed by atoms with Crippen molar-refractivity contribution in [3.63, 3.8) is 0 Å². The fourth-order valence-corrected chi connectivity index (χ4v) is 3.31. The molecule has 2 heterocycles. The summed E-state index contributed by atoms with van der Waals surface area (Å²) in [6.45, 7) is 0.340. The minimum absolute atomic E-state index is 0.0705. The number of pyridine rings is 1. The zero-order valence-electron chi connectivity index (χ0n) is 13.8. The molecule has 1 aromatic heterocycles. The number of aromatic carboxylic acids is 1. The summed E-state index contributed by atoms with van der Waals surface area (Å²) in [5.41, 5.74) is 2.54. The topological polar surface area (TPSA) is 83.8 Å². The third-order valence-corrected chi connectivity index (χ3v) is 4.85. The van der Waals surface area contributed by atoms with Crippen LogP contribution in [0.25, 0.3) is 10.9 Å². The van der Waals surface area contributed by atoms with Crippen LogP contribution in [0, 0.1) is 0 Å². The molecule has 0 amide bonds. The molecule has 0 saturated heterocycles. The fraction of sp³-hybridized carbons (Fsp3) is 0.105. The molecule has 4 rings (SSSR count). The number of carboxylic acid groups (broad SMARTS) is 1. The standard InChI is InChI=1S/C19H13Cl2N3O3/c20-12-2-4-16(14(10-12)18(25)26)24-17-5-6-22-15-3-1-11(9-13(15)17)19(21)23-7-8-27-19/h1-7,9-10H,8H2,(H,22,24)(H,25,26). The van der Waals surface area contributed by atoms with Crippen LogP contribution >= 0.6 is 23.2 Å². The molecule has 2 N–H and O–H groups in total. The summed E-state index contributed by atoms with van der Waals surface area (Å²) in [4.78, 5) is 20.1. The maximum Gasteiger partial charge on any atom is 0.337 e. The Labute approximate surface area is 164 Å². The molecule has 2 aromatic carbocycles. The van der Waals surface area contributed by atoms with Crippen LogP contribution in [0.3, 0.4) is 0 Å². The van der Waals surface area contributed by atoms with Crippen molar-refractivity contribution >= 4 is 57.7 Å². The number of fused-ring (bicyclic) bond motifs is 1. The van der Waals surface area contributed by atoms with Crippen molar-refractivity contribution in [1.29, 1.82) is 0 Å². The van der Waals surface area contributed by atoms with E-state index in [0.29, 0.717) is 28.6 Å². The minimum Gasteiger partial charge on any atom is -0.478 e. The molecule has 0 bridgehead atoms. The number of hydrogen-bond donors (Lipinski definition) is 2. The molecular weight excluding hydrogens is 389 g/mol. The smallest absolute Gasteiger partial charge is 0.337 e. The molecule has 0 fully saturated rings. The quantitative estimate of drug-likeness (QED) is 0.485. The van der Waals surface area contributed by atoms with Crippen molar-refractivity contribution < 1.29 is 14.6 Å². The second-order valence-electron chi connectivity index (χ2n) is 5.89.